The fraction of sp³-hybridized carbons (Fsp3) is 0.167. The minimum atomic E-state index is -0.0309. The van der Waals surface area contributed by atoms with Gasteiger partial charge in [-0.05, 0) is 12.1 Å². The minimum absolute atomic E-state index is 0.0309. The first-order chi connectivity index (χ1) is 8.34. The molecule has 0 saturated heterocycles. The maximum atomic E-state index is 11.5. The molecular formula is C12H12N2O2S. The van der Waals surface area contributed by atoms with Gasteiger partial charge in [0.15, 0.2) is 0 Å². The van der Waals surface area contributed by atoms with E-state index in [-0.39, 0.29) is 5.91 Å². The van der Waals surface area contributed by atoms with Gasteiger partial charge in [-0.15, -0.1) is 11.8 Å². The van der Waals surface area contributed by atoms with E-state index in [4.69, 9.17) is 0 Å². The quantitative estimate of drug-likeness (QED) is 0.827. The third kappa shape index (κ3) is 3.96. The molecular weight excluding hydrogens is 236 g/mol. The molecule has 2 aromatic rings. The summed E-state index contributed by atoms with van der Waals surface area (Å²) in [5, 5.41) is 6.21. The van der Waals surface area contributed by atoms with Crippen LogP contribution in [0.15, 0.2) is 52.2 Å². The number of aromatic nitrogens is 1. The standard InChI is InChI=1S/C12H12N2O2S/c15-12(14-10-8-13-16-9-10)6-7-17-11-4-2-1-3-5-11/h1-5,8-9H,6-7H2,(H,14,15). The van der Waals surface area contributed by atoms with Gasteiger partial charge < -0.3 is 9.84 Å². The Bertz CT molecular complexity index is 457. The normalized spacial score (nSPS) is 10.1. The van der Waals surface area contributed by atoms with Crippen molar-refractivity contribution in [2.75, 3.05) is 11.1 Å². The second-order valence-electron chi connectivity index (χ2n) is 3.37. The van der Waals surface area contributed by atoms with Gasteiger partial charge in [-0.2, -0.15) is 0 Å². The molecule has 0 fully saturated rings. The molecule has 0 atom stereocenters. The van der Waals surface area contributed by atoms with Gasteiger partial charge in [0.05, 0.1) is 6.20 Å². The largest absolute Gasteiger partial charge is 0.363 e. The lowest BCUT2D eigenvalue weighted by Crippen LogP contribution is -2.11. The van der Waals surface area contributed by atoms with Crippen molar-refractivity contribution in [3.8, 4) is 0 Å². The summed E-state index contributed by atoms with van der Waals surface area (Å²) in [5.41, 5.74) is 0.597. The van der Waals surface area contributed by atoms with Crippen molar-refractivity contribution in [2.24, 2.45) is 0 Å². The van der Waals surface area contributed by atoms with Crippen molar-refractivity contribution in [3.05, 3.63) is 42.8 Å². The first-order valence-electron chi connectivity index (χ1n) is 5.21. The minimum Gasteiger partial charge on any atom is -0.363 e. The van der Waals surface area contributed by atoms with Gasteiger partial charge in [0.25, 0.3) is 0 Å². The maximum absolute atomic E-state index is 11.5. The number of carbonyl (C=O) groups is 1. The molecule has 1 N–H and O–H groups in total. The molecule has 0 radical (unpaired) electrons. The molecule has 1 aromatic carbocycles. The molecule has 1 aromatic heterocycles. The fourth-order valence-corrected chi connectivity index (χ4v) is 2.14. The van der Waals surface area contributed by atoms with E-state index in [9.17, 15) is 4.79 Å². The second kappa shape index (κ2) is 6.10. The maximum Gasteiger partial charge on any atom is 0.225 e. The number of hydrogen-bond acceptors (Lipinski definition) is 4. The number of carbonyl (C=O) groups excluding carboxylic acids is 1. The van der Waals surface area contributed by atoms with Crippen LogP contribution in [0.25, 0.3) is 0 Å². The van der Waals surface area contributed by atoms with Crippen LogP contribution in [0, 0.1) is 0 Å². The van der Waals surface area contributed by atoms with Crippen molar-refractivity contribution in [1.29, 1.82) is 0 Å². The summed E-state index contributed by atoms with van der Waals surface area (Å²) in [6.07, 6.45) is 3.34. The molecule has 0 saturated carbocycles. The van der Waals surface area contributed by atoms with Crippen LogP contribution in [-0.4, -0.2) is 16.8 Å². The average molecular weight is 248 g/mol. The van der Waals surface area contributed by atoms with Crippen LogP contribution in [0.1, 0.15) is 6.42 Å². The zero-order valence-corrected chi connectivity index (χ0v) is 9.94. The molecule has 1 heterocycles. The first-order valence-corrected chi connectivity index (χ1v) is 6.20. The molecule has 0 aliphatic carbocycles. The highest BCUT2D eigenvalue weighted by Crippen LogP contribution is 2.17. The summed E-state index contributed by atoms with van der Waals surface area (Å²) in [5.74, 6) is 0.720. The van der Waals surface area contributed by atoms with E-state index in [1.807, 2.05) is 30.3 Å². The van der Waals surface area contributed by atoms with Gasteiger partial charge in [0, 0.05) is 17.1 Å². The van der Waals surface area contributed by atoms with E-state index >= 15 is 0 Å². The zero-order valence-electron chi connectivity index (χ0n) is 9.13. The Morgan fingerprint density at radius 2 is 2.18 bits per heavy atom. The highest BCUT2D eigenvalue weighted by atomic mass is 32.2. The Kier molecular flexibility index (Phi) is 4.21. The Morgan fingerprint density at radius 1 is 1.35 bits per heavy atom. The van der Waals surface area contributed by atoms with Crippen molar-refractivity contribution in [3.63, 3.8) is 0 Å². The van der Waals surface area contributed by atoms with E-state index in [0.29, 0.717) is 12.1 Å². The fourth-order valence-electron chi connectivity index (χ4n) is 1.27. The number of amides is 1. The predicted molar refractivity (Wildman–Crippen MR) is 66.9 cm³/mol. The topological polar surface area (TPSA) is 55.1 Å². The lowest BCUT2D eigenvalue weighted by molar-refractivity contribution is -0.115. The first kappa shape index (κ1) is 11.7. The van der Waals surface area contributed by atoms with Gasteiger partial charge in [-0.3, -0.25) is 4.79 Å². The lowest BCUT2D eigenvalue weighted by Gasteiger charge is -2.02. The van der Waals surface area contributed by atoms with E-state index in [2.05, 4.69) is 15.0 Å². The van der Waals surface area contributed by atoms with E-state index < -0.39 is 0 Å². The van der Waals surface area contributed by atoms with Crippen LogP contribution in [0.3, 0.4) is 0 Å². The molecule has 2 rings (SSSR count). The van der Waals surface area contributed by atoms with Crippen LogP contribution in [0.4, 0.5) is 5.69 Å². The van der Waals surface area contributed by atoms with Crippen LogP contribution in [0.5, 0.6) is 0 Å². The van der Waals surface area contributed by atoms with E-state index in [0.717, 1.165) is 5.75 Å². The van der Waals surface area contributed by atoms with Crippen molar-refractivity contribution < 1.29 is 9.32 Å². The summed E-state index contributed by atoms with van der Waals surface area (Å²) in [6, 6.07) is 10.0. The molecule has 0 aliphatic heterocycles. The summed E-state index contributed by atoms with van der Waals surface area (Å²) in [6.45, 7) is 0. The summed E-state index contributed by atoms with van der Waals surface area (Å²) < 4.78 is 4.62. The monoisotopic (exact) mass is 248 g/mol. The molecule has 0 unspecified atom stereocenters. The summed E-state index contributed by atoms with van der Waals surface area (Å²) >= 11 is 1.66. The number of nitrogens with zero attached hydrogens (tertiary/aromatic N) is 1. The van der Waals surface area contributed by atoms with E-state index in [1.165, 1.54) is 17.4 Å². The summed E-state index contributed by atoms with van der Waals surface area (Å²) in [7, 11) is 0. The highest BCUT2D eigenvalue weighted by molar-refractivity contribution is 7.99. The number of benzene rings is 1. The van der Waals surface area contributed by atoms with Gasteiger partial charge in [0.2, 0.25) is 5.91 Å². The Labute approximate surface area is 103 Å². The molecule has 0 spiro atoms. The third-order valence-corrected chi connectivity index (χ3v) is 3.07. The molecule has 5 heteroatoms. The number of hydrogen-bond donors (Lipinski definition) is 1. The van der Waals surface area contributed by atoms with Crippen LogP contribution in [0.2, 0.25) is 0 Å². The van der Waals surface area contributed by atoms with E-state index in [1.54, 1.807) is 11.8 Å². The zero-order chi connectivity index (χ0) is 11.9. The van der Waals surface area contributed by atoms with Crippen LogP contribution >= 0.6 is 11.8 Å². The number of rotatable bonds is 5. The number of nitrogens with one attached hydrogen (secondary N) is 1. The number of thioether (sulfide) groups is 1. The molecule has 0 bridgehead atoms. The Morgan fingerprint density at radius 3 is 2.88 bits per heavy atom. The van der Waals surface area contributed by atoms with Gasteiger partial charge in [-0.25, -0.2) is 0 Å². The molecule has 4 nitrogen and oxygen atoms in total. The van der Waals surface area contributed by atoms with Gasteiger partial charge >= 0.3 is 0 Å². The van der Waals surface area contributed by atoms with Gasteiger partial charge in [0.1, 0.15) is 12.0 Å². The second-order valence-corrected chi connectivity index (χ2v) is 4.54. The number of anilines is 1. The summed E-state index contributed by atoms with van der Waals surface area (Å²) in [4.78, 5) is 12.7. The Balaban J connectivity index is 1.70. The Hall–Kier alpha value is -1.75. The lowest BCUT2D eigenvalue weighted by atomic mass is 10.4. The smallest absolute Gasteiger partial charge is 0.225 e. The van der Waals surface area contributed by atoms with Crippen LogP contribution in [-0.2, 0) is 4.79 Å². The molecule has 17 heavy (non-hydrogen) atoms. The average Bonchev–Trinajstić information content (AvgIpc) is 2.83. The van der Waals surface area contributed by atoms with Crippen LogP contribution < -0.4 is 5.32 Å². The van der Waals surface area contributed by atoms with Gasteiger partial charge in [-0.1, -0.05) is 23.4 Å². The third-order valence-electron chi connectivity index (χ3n) is 2.06. The highest BCUT2D eigenvalue weighted by Gasteiger charge is 2.03. The molecule has 88 valence electrons. The molecule has 1 amide bonds. The van der Waals surface area contributed by atoms with Crippen molar-refractivity contribution in [1.82, 2.24) is 5.16 Å². The van der Waals surface area contributed by atoms with Crippen molar-refractivity contribution >= 4 is 23.4 Å². The SMILES string of the molecule is O=C(CCSc1ccccc1)Nc1cnoc1. The molecule has 0 aliphatic rings. The van der Waals surface area contributed by atoms with Crippen molar-refractivity contribution in [2.45, 2.75) is 11.3 Å². The predicted octanol–water partition coefficient (Wildman–Crippen LogP) is 2.80.